The molecule has 0 unspecified atom stereocenters. The molecule has 0 saturated heterocycles. The topological polar surface area (TPSA) is 18.5 Å². The minimum absolute atomic E-state index is 0.757. The van der Waals surface area contributed by atoms with E-state index in [1.165, 1.54) is 229 Å². The fraction of sp³-hybridized carbons (Fsp3) is 0.769. The molecule has 0 heterocycles. The molecule has 0 aliphatic carbocycles. The van der Waals surface area contributed by atoms with Crippen molar-refractivity contribution in [1.29, 1.82) is 0 Å². The number of rotatable bonds is 41. The molecule has 2 nitrogen and oxygen atoms in total. The number of hydrogen-bond donors (Lipinski definition) is 0. The lowest BCUT2D eigenvalue weighted by Crippen LogP contribution is -1.95. The van der Waals surface area contributed by atoms with Gasteiger partial charge in [-0.25, -0.2) is 0 Å². The van der Waals surface area contributed by atoms with Crippen molar-refractivity contribution in [2.24, 2.45) is 0 Å². The Morgan fingerprint density at radius 1 is 0.309 bits per heavy atom. The van der Waals surface area contributed by atoms with E-state index in [0.29, 0.717) is 0 Å². The quantitative estimate of drug-likeness (QED) is 0.0491. The number of halogens is 1. The Labute approximate surface area is 352 Å². The molecule has 0 spiro atoms. The van der Waals surface area contributed by atoms with Crippen molar-refractivity contribution in [3.05, 3.63) is 71.8 Å². The molecular formula is C52H91BrO2. The van der Waals surface area contributed by atoms with E-state index in [1.54, 1.807) is 0 Å². The van der Waals surface area contributed by atoms with Crippen LogP contribution in [-0.2, 0) is 22.7 Å². The van der Waals surface area contributed by atoms with E-state index in [9.17, 15) is 0 Å². The Kier molecular flexibility index (Phi) is 42.9. The zero-order valence-corrected chi connectivity index (χ0v) is 38.1. The fourth-order valence-corrected chi connectivity index (χ4v) is 7.80. The van der Waals surface area contributed by atoms with Crippen LogP contribution in [0.4, 0.5) is 0 Å². The third-order valence-corrected chi connectivity index (χ3v) is 11.6. The molecule has 2 rings (SSSR count). The van der Waals surface area contributed by atoms with Gasteiger partial charge in [0.2, 0.25) is 0 Å². The van der Waals surface area contributed by atoms with Gasteiger partial charge in [0.15, 0.2) is 0 Å². The summed E-state index contributed by atoms with van der Waals surface area (Å²) in [4.78, 5) is 0. The van der Waals surface area contributed by atoms with Crippen LogP contribution in [0.15, 0.2) is 60.7 Å². The highest BCUT2D eigenvalue weighted by Crippen LogP contribution is 2.16. The van der Waals surface area contributed by atoms with Crippen LogP contribution in [0.1, 0.15) is 236 Å². The Morgan fingerprint density at radius 2 is 0.545 bits per heavy atom. The zero-order chi connectivity index (χ0) is 39.2. The van der Waals surface area contributed by atoms with Crippen LogP contribution in [-0.4, -0.2) is 18.5 Å². The molecule has 318 valence electrons. The summed E-state index contributed by atoms with van der Waals surface area (Å²) < 4.78 is 11.4. The summed E-state index contributed by atoms with van der Waals surface area (Å²) in [6, 6.07) is 20.9. The molecule has 0 aromatic heterocycles. The Balaban J connectivity index is 0.000000666. The molecule has 0 aliphatic rings. The molecule has 0 fully saturated rings. The average molecular weight is 828 g/mol. The maximum Gasteiger partial charge on any atom is 0.0716 e. The van der Waals surface area contributed by atoms with Crippen molar-refractivity contribution in [3.63, 3.8) is 0 Å². The van der Waals surface area contributed by atoms with Gasteiger partial charge in [0, 0.05) is 18.5 Å². The lowest BCUT2D eigenvalue weighted by molar-refractivity contribution is 0.116. The second-order valence-corrected chi connectivity index (χ2v) is 17.2. The van der Waals surface area contributed by atoms with Crippen molar-refractivity contribution in [2.45, 2.75) is 238 Å². The van der Waals surface area contributed by atoms with Gasteiger partial charge in [-0.3, -0.25) is 0 Å². The third-order valence-electron chi connectivity index (χ3n) is 11.0. The fourth-order valence-electron chi connectivity index (χ4n) is 7.41. The van der Waals surface area contributed by atoms with Gasteiger partial charge in [-0.05, 0) is 30.4 Å². The Morgan fingerprint density at radius 3 is 0.800 bits per heavy atom. The number of alkyl halides is 1. The number of ether oxygens (including phenoxy) is 2. The second-order valence-electron chi connectivity index (χ2n) is 16.4. The van der Waals surface area contributed by atoms with E-state index in [-0.39, 0.29) is 0 Å². The van der Waals surface area contributed by atoms with Crippen LogP contribution >= 0.6 is 15.9 Å². The van der Waals surface area contributed by atoms with Gasteiger partial charge in [-0.1, -0.05) is 283 Å². The van der Waals surface area contributed by atoms with E-state index in [1.807, 2.05) is 6.07 Å². The summed E-state index contributed by atoms with van der Waals surface area (Å²) in [5.74, 6) is 0. The standard InChI is InChI=1S/C35H64O.C17H27BrO/c1-2-3-4-5-6-7-8-9-10-11-12-13-14-15-16-17-18-19-20-21-22-23-24-25-26-30-33-36-34-35-31-28-27-29-32-35;18-14-10-5-3-1-2-4-6-11-15-19-16-17-12-8-7-9-13-17/h27-29,31-32H,2-26,30,33-34H2,1H3;7-9,12-13H,1-6,10-11,14-16H2. The van der Waals surface area contributed by atoms with Crippen molar-refractivity contribution >= 4 is 15.9 Å². The number of hydrogen-bond acceptors (Lipinski definition) is 2. The number of unbranched alkanes of at least 4 members (excludes halogenated alkanes) is 32. The summed E-state index contributed by atoms with van der Waals surface area (Å²) in [5.41, 5.74) is 2.56. The maximum absolute atomic E-state index is 5.77. The summed E-state index contributed by atoms with van der Waals surface area (Å²) in [7, 11) is 0. The molecule has 55 heavy (non-hydrogen) atoms. The molecule has 2 aromatic rings. The van der Waals surface area contributed by atoms with Gasteiger partial charge in [-0.15, -0.1) is 0 Å². The van der Waals surface area contributed by atoms with Gasteiger partial charge in [-0.2, -0.15) is 0 Å². The van der Waals surface area contributed by atoms with Crippen molar-refractivity contribution in [2.75, 3.05) is 18.5 Å². The molecule has 0 aliphatic heterocycles. The SMILES string of the molecule is BrCCCCCCCCCCOCc1ccccc1.CCCCCCCCCCCCCCCCCCCCCCCCCCCCOCc1ccccc1. The van der Waals surface area contributed by atoms with Gasteiger partial charge in [0.1, 0.15) is 0 Å². The van der Waals surface area contributed by atoms with Gasteiger partial charge in [0.25, 0.3) is 0 Å². The molecule has 2 aromatic carbocycles. The van der Waals surface area contributed by atoms with E-state index >= 15 is 0 Å². The van der Waals surface area contributed by atoms with Gasteiger partial charge in [0.05, 0.1) is 13.2 Å². The monoisotopic (exact) mass is 827 g/mol. The lowest BCUT2D eigenvalue weighted by Gasteiger charge is -2.05. The van der Waals surface area contributed by atoms with E-state index in [0.717, 1.165) is 31.8 Å². The first-order valence-electron chi connectivity index (χ1n) is 24.2. The minimum Gasteiger partial charge on any atom is -0.377 e. The average Bonchev–Trinajstić information content (AvgIpc) is 3.22. The van der Waals surface area contributed by atoms with Crippen LogP contribution in [0.25, 0.3) is 0 Å². The van der Waals surface area contributed by atoms with Crippen molar-refractivity contribution < 1.29 is 9.47 Å². The van der Waals surface area contributed by atoms with E-state index < -0.39 is 0 Å². The first kappa shape index (κ1) is 51.9. The third kappa shape index (κ3) is 40.8. The van der Waals surface area contributed by atoms with E-state index in [2.05, 4.69) is 77.5 Å². The first-order chi connectivity index (χ1) is 27.4. The molecule has 0 saturated carbocycles. The van der Waals surface area contributed by atoms with E-state index in [4.69, 9.17) is 9.47 Å². The highest BCUT2D eigenvalue weighted by molar-refractivity contribution is 9.09. The summed E-state index contributed by atoms with van der Waals surface area (Å²) >= 11 is 3.47. The Bertz CT molecular complexity index is 951. The summed E-state index contributed by atoms with van der Waals surface area (Å²) in [5, 5.41) is 1.16. The van der Waals surface area contributed by atoms with Gasteiger partial charge < -0.3 is 9.47 Å². The predicted molar refractivity (Wildman–Crippen MR) is 249 cm³/mol. The molecule has 3 heteroatoms. The van der Waals surface area contributed by atoms with Crippen LogP contribution < -0.4 is 0 Å². The molecule has 0 N–H and O–H groups in total. The zero-order valence-electron chi connectivity index (χ0n) is 36.5. The molecular weight excluding hydrogens is 736 g/mol. The van der Waals surface area contributed by atoms with Crippen molar-refractivity contribution in [1.82, 2.24) is 0 Å². The highest BCUT2D eigenvalue weighted by Gasteiger charge is 1.98. The highest BCUT2D eigenvalue weighted by atomic mass is 79.9. The van der Waals surface area contributed by atoms with Crippen LogP contribution in [0.5, 0.6) is 0 Å². The first-order valence-corrected chi connectivity index (χ1v) is 25.3. The second kappa shape index (κ2) is 45.5. The predicted octanol–water partition coefficient (Wildman–Crippen LogP) is 18.1. The van der Waals surface area contributed by atoms with Crippen LogP contribution in [0.2, 0.25) is 0 Å². The molecule has 0 bridgehead atoms. The number of benzene rings is 2. The smallest absolute Gasteiger partial charge is 0.0716 e. The van der Waals surface area contributed by atoms with Crippen LogP contribution in [0.3, 0.4) is 0 Å². The summed E-state index contributed by atoms with van der Waals surface area (Å²) in [6.07, 6.45) is 48.4. The Hall–Kier alpha value is -1.16. The van der Waals surface area contributed by atoms with Crippen LogP contribution in [0, 0.1) is 0 Å². The largest absolute Gasteiger partial charge is 0.377 e. The molecule has 0 amide bonds. The normalized spacial score (nSPS) is 11.2. The maximum atomic E-state index is 5.77. The summed E-state index contributed by atoms with van der Waals surface area (Å²) in [6.45, 7) is 5.64. The lowest BCUT2D eigenvalue weighted by atomic mass is 10.0. The molecule has 0 atom stereocenters. The van der Waals surface area contributed by atoms with Crippen molar-refractivity contribution in [3.8, 4) is 0 Å². The van der Waals surface area contributed by atoms with Gasteiger partial charge >= 0.3 is 0 Å². The molecule has 0 radical (unpaired) electrons. The minimum atomic E-state index is 0.757.